The molecule has 0 aliphatic heterocycles. The molecule has 7 nitrogen and oxygen atoms in total. The summed E-state index contributed by atoms with van der Waals surface area (Å²) in [5, 5.41) is 5.09. The first-order valence-electron chi connectivity index (χ1n) is 10.4. The summed E-state index contributed by atoms with van der Waals surface area (Å²) in [5.74, 6) is 1.23. The number of nitrogens with zero attached hydrogens (tertiary/aromatic N) is 2. The Kier molecular flexibility index (Phi) is 6.70. The number of hydrogen-bond acceptors (Lipinski definition) is 6. The number of nitrogens with one attached hydrogen (secondary N) is 1. The maximum Gasteiger partial charge on any atom is 0.257 e. The molecule has 1 aliphatic rings. The lowest BCUT2D eigenvalue weighted by Gasteiger charge is -2.23. The molecule has 2 aromatic carbocycles. The smallest absolute Gasteiger partial charge is 0.257 e. The van der Waals surface area contributed by atoms with E-state index in [9.17, 15) is 9.59 Å². The minimum Gasteiger partial charge on any atom is -0.497 e. The van der Waals surface area contributed by atoms with Crippen molar-refractivity contribution in [3.63, 3.8) is 0 Å². The van der Waals surface area contributed by atoms with Gasteiger partial charge < -0.3 is 14.4 Å². The second kappa shape index (κ2) is 9.82. The molecule has 4 rings (SSSR count). The molecule has 32 heavy (non-hydrogen) atoms. The SMILES string of the molecule is COc1ccc(OC)c(CN(C(=O)Cc2csc(NC(=O)c3ccccc3)n2)C2CC2)c1. The highest BCUT2D eigenvalue weighted by atomic mass is 32.1. The largest absolute Gasteiger partial charge is 0.497 e. The van der Waals surface area contributed by atoms with E-state index in [2.05, 4.69) is 10.3 Å². The van der Waals surface area contributed by atoms with Gasteiger partial charge in [-0.25, -0.2) is 4.98 Å². The molecule has 0 saturated heterocycles. The lowest BCUT2D eigenvalue weighted by molar-refractivity contribution is -0.131. The van der Waals surface area contributed by atoms with Crippen LogP contribution in [0.2, 0.25) is 0 Å². The number of rotatable bonds is 9. The Hall–Kier alpha value is -3.39. The highest BCUT2D eigenvalue weighted by Gasteiger charge is 2.33. The fourth-order valence-corrected chi connectivity index (χ4v) is 4.16. The molecule has 1 saturated carbocycles. The van der Waals surface area contributed by atoms with Crippen LogP contribution in [0.25, 0.3) is 0 Å². The molecule has 0 spiro atoms. The summed E-state index contributed by atoms with van der Waals surface area (Å²) >= 11 is 1.31. The van der Waals surface area contributed by atoms with Gasteiger partial charge in [-0.3, -0.25) is 14.9 Å². The maximum absolute atomic E-state index is 13.1. The zero-order valence-electron chi connectivity index (χ0n) is 18.0. The Morgan fingerprint density at radius 2 is 1.91 bits per heavy atom. The van der Waals surface area contributed by atoms with E-state index in [0.717, 1.165) is 29.9 Å². The van der Waals surface area contributed by atoms with E-state index in [-0.39, 0.29) is 24.3 Å². The molecular formula is C24H25N3O4S. The average molecular weight is 452 g/mol. The van der Waals surface area contributed by atoms with Crippen LogP contribution < -0.4 is 14.8 Å². The zero-order chi connectivity index (χ0) is 22.5. The fraction of sp³-hybridized carbons (Fsp3) is 0.292. The summed E-state index contributed by atoms with van der Waals surface area (Å²) in [5.41, 5.74) is 2.11. The third-order valence-electron chi connectivity index (χ3n) is 5.28. The molecule has 2 amide bonds. The van der Waals surface area contributed by atoms with Crippen molar-refractivity contribution < 1.29 is 19.1 Å². The molecule has 0 unspecified atom stereocenters. The normalized spacial score (nSPS) is 12.8. The van der Waals surface area contributed by atoms with E-state index in [1.807, 2.05) is 46.7 Å². The van der Waals surface area contributed by atoms with E-state index in [1.165, 1.54) is 11.3 Å². The van der Waals surface area contributed by atoms with Crippen molar-refractivity contribution in [2.24, 2.45) is 0 Å². The minimum atomic E-state index is -0.220. The van der Waals surface area contributed by atoms with Gasteiger partial charge in [-0.15, -0.1) is 11.3 Å². The molecule has 8 heteroatoms. The van der Waals surface area contributed by atoms with Crippen LogP contribution in [0.3, 0.4) is 0 Å². The van der Waals surface area contributed by atoms with Gasteiger partial charge in [0.1, 0.15) is 11.5 Å². The number of methoxy groups -OCH3 is 2. The minimum absolute atomic E-state index is 0.00334. The highest BCUT2D eigenvalue weighted by molar-refractivity contribution is 7.14. The molecule has 1 fully saturated rings. The standard InChI is InChI=1S/C24H25N3O4S/c1-30-20-10-11-21(31-2)17(12-20)14-27(19-8-9-19)22(28)13-18-15-32-24(25-18)26-23(29)16-6-4-3-5-7-16/h3-7,10-12,15,19H,8-9,13-14H2,1-2H3,(H,25,26,29). The van der Waals surface area contributed by atoms with Gasteiger partial charge >= 0.3 is 0 Å². The third kappa shape index (κ3) is 5.26. The van der Waals surface area contributed by atoms with Crippen LogP contribution in [-0.2, 0) is 17.8 Å². The van der Waals surface area contributed by atoms with Crippen LogP contribution in [0.4, 0.5) is 5.13 Å². The first kappa shape index (κ1) is 21.8. The Morgan fingerprint density at radius 1 is 1.12 bits per heavy atom. The quantitative estimate of drug-likeness (QED) is 0.529. The van der Waals surface area contributed by atoms with Gasteiger partial charge in [0.05, 0.1) is 26.3 Å². The van der Waals surface area contributed by atoms with Crippen molar-refractivity contribution >= 4 is 28.3 Å². The van der Waals surface area contributed by atoms with Crippen molar-refractivity contribution in [3.8, 4) is 11.5 Å². The van der Waals surface area contributed by atoms with Gasteiger partial charge in [0, 0.05) is 29.1 Å². The van der Waals surface area contributed by atoms with Gasteiger partial charge in [0.2, 0.25) is 5.91 Å². The van der Waals surface area contributed by atoms with E-state index in [1.54, 1.807) is 26.4 Å². The Bertz CT molecular complexity index is 1100. The number of amides is 2. The molecule has 1 aliphatic carbocycles. The number of benzene rings is 2. The van der Waals surface area contributed by atoms with Crippen LogP contribution in [0.15, 0.2) is 53.9 Å². The number of aromatic nitrogens is 1. The van der Waals surface area contributed by atoms with Crippen molar-refractivity contribution in [2.45, 2.75) is 31.8 Å². The van der Waals surface area contributed by atoms with Gasteiger partial charge in [-0.1, -0.05) is 18.2 Å². The summed E-state index contributed by atoms with van der Waals surface area (Å²) in [6.45, 7) is 0.450. The number of anilines is 1. The van der Waals surface area contributed by atoms with Crippen LogP contribution >= 0.6 is 11.3 Å². The summed E-state index contributed by atoms with van der Waals surface area (Å²) in [6.07, 6.45) is 2.17. The predicted molar refractivity (Wildman–Crippen MR) is 123 cm³/mol. The lowest BCUT2D eigenvalue weighted by atomic mass is 10.1. The van der Waals surface area contributed by atoms with Crippen molar-refractivity contribution in [3.05, 3.63) is 70.7 Å². The molecule has 0 bridgehead atoms. The van der Waals surface area contributed by atoms with Crippen LogP contribution in [0.5, 0.6) is 11.5 Å². The molecule has 1 heterocycles. The number of carbonyl (C=O) groups is 2. The summed E-state index contributed by atoms with van der Waals surface area (Å²) in [6, 6.07) is 14.8. The molecule has 0 radical (unpaired) electrons. The second-order valence-electron chi connectivity index (χ2n) is 7.57. The second-order valence-corrected chi connectivity index (χ2v) is 8.43. The molecule has 1 aromatic heterocycles. The molecule has 166 valence electrons. The lowest BCUT2D eigenvalue weighted by Crippen LogP contribution is -2.34. The Balaban J connectivity index is 1.43. The molecule has 1 N–H and O–H groups in total. The molecule has 0 atom stereocenters. The van der Waals surface area contributed by atoms with Crippen molar-refractivity contribution in [1.82, 2.24) is 9.88 Å². The van der Waals surface area contributed by atoms with Crippen LogP contribution in [-0.4, -0.2) is 42.0 Å². The van der Waals surface area contributed by atoms with E-state index in [4.69, 9.17) is 9.47 Å². The number of carbonyl (C=O) groups excluding carboxylic acids is 2. The first-order chi connectivity index (χ1) is 15.6. The van der Waals surface area contributed by atoms with Crippen molar-refractivity contribution in [1.29, 1.82) is 0 Å². The Morgan fingerprint density at radius 3 is 2.59 bits per heavy atom. The highest BCUT2D eigenvalue weighted by Crippen LogP contribution is 2.32. The van der Waals surface area contributed by atoms with Gasteiger partial charge in [0.25, 0.3) is 5.91 Å². The molecule has 3 aromatic rings. The zero-order valence-corrected chi connectivity index (χ0v) is 18.9. The predicted octanol–water partition coefficient (Wildman–Crippen LogP) is 4.15. The monoisotopic (exact) mass is 451 g/mol. The van der Waals surface area contributed by atoms with Crippen molar-refractivity contribution in [2.75, 3.05) is 19.5 Å². The summed E-state index contributed by atoms with van der Waals surface area (Å²) in [7, 11) is 3.24. The fourth-order valence-electron chi connectivity index (χ4n) is 3.46. The number of hydrogen-bond donors (Lipinski definition) is 1. The Labute approximate surface area is 191 Å². The summed E-state index contributed by atoms with van der Waals surface area (Å²) in [4.78, 5) is 31.8. The van der Waals surface area contributed by atoms with Crippen LogP contribution in [0, 0.1) is 0 Å². The van der Waals surface area contributed by atoms with Gasteiger partial charge in [0.15, 0.2) is 5.13 Å². The van der Waals surface area contributed by atoms with E-state index in [0.29, 0.717) is 22.9 Å². The average Bonchev–Trinajstić information content (AvgIpc) is 3.57. The van der Waals surface area contributed by atoms with E-state index >= 15 is 0 Å². The van der Waals surface area contributed by atoms with Gasteiger partial charge in [-0.05, 0) is 43.2 Å². The maximum atomic E-state index is 13.1. The van der Waals surface area contributed by atoms with Gasteiger partial charge in [-0.2, -0.15) is 0 Å². The number of thiazole rings is 1. The topological polar surface area (TPSA) is 80.8 Å². The number of ether oxygens (including phenoxy) is 2. The first-order valence-corrected chi connectivity index (χ1v) is 11.3. The van der Waals surface area contributed by atoms with E-state index < -0.39 is 0 Å². The summed E-state index contributed by atoms with van der Waals surface area (Å²) < 4.78 is 10.8. The molecular weight excluding hydrogens is 426 g/mol. The van der Waals surface area contributed by atoms with Crippen LogP contribution in [0.1, 0.15) is 34.5 Å². The third-order valence-corrected chi connectivity index (χ3v) is 6.08.